The molecule has 0 spiro atoms. The number of methoxy groups -OCH3 is 1. The summed E-state index contributed by atoms with van der Waals surface area (Å²) in [6, 6.07) is 5.23. The Labute approximate surface area is 149 Å². The second-order valence-corrected chi connectivity index (χ2v) is 6.97. The molecule has 25 heavy (non-hydrogen) atoms. The number of ether oxygens (including phenoxy) is 2. The van der Waals surface area contributed by atoms with Crippen molar-refractivity contribution in [3.8, 4) is 11.5 Å². The van der Waals surface area contributed by atoms with Crippen molar-refractivity contribution in [1.29, 1.82) is 0 Å². The number of piperidine rings is 1. The number of nitrogens with one attached hydrogen (secondary N) is 1. The highest BCUT2D eigenvalue weighted by molar-refractivity contribution is 5.91. The van der Waals surface area contributed by atoms with E-state index in [1.807, 2.05) is 13.0 Å². The normalized spacial score (nSPS) is 25.9. The third-order valence-corrected chi connectivity index (χ3v) is 5.44. The van der Waals surface area contributed by atoms with Crippen LogP contribution < -0.4 is 14.8 Å². The summed E-state index contributed by atoms with van der Waals surface area (Å²) < 4.78 is 10.8. The molecule has 1 heterocycles. The van der Waals surface area contributed by atoms with Crippen molar-refractivity contribution in [2.45, 2.75) is 44.6 Å². The molecule has 2 N–H and O–H groups in total. The van der Waals surface area contributed by atoms with Gasteiger partial charge in [0.2, 0.25) is 0 Å². The molecule has 3 rings (SSSR count). The van der Waals surface area contributed by atoms with Crippen LogP contribution >= 0.6 is 0 Å². The van der Waals surface area contributed by atoms with Gasteiger partial charge in [-0.15, -0.1) is 0 Å². The largest absolute Gasteiger partial charge is 0.497 e. The maximum absolute atomic E-state index is 12.7. The summed E-state index contributed by atoms with van der Waals surface area (Å²) in [7, 11) is 1.59. The van der Waals surface area contributed by atoms with E-state index < -0.39 is 5.60 Å². The number of rotatable bonds is 4. The highest BCUT2D eigenvalue weighted by Gasteiger charge is 2.43. The number of hydrogen-bond acceptors (Lipinski definition) is 4. The fraction of sp³-hybridized carbons (Fsp3) is 0.632. The highest BCUT2D eigenvalue weighted by atomic mass is 16.5. The molecular weight excluding hydrogens is 320 g/mol. The quantitative estimate of drug-likeness (QED) is 0.876. The van der Waals surface area contributed by atoms with Gasteiger partial charge in [0, 0.05) is 25.1 Å². The number of anilines is 1. The summed E-state index contributed by atoms with van der Waals surface area (Å²) in [5, 5.41) is 13.7. The van der Waals surface area contributed by atoms with Crippen molar-refractivity contribution < 1.29 is 19.4 Å². The Hall–Kier alpha value is -1.95. The lowest BCUT2D eigenvalue weighted by molar-refractivity contribution is -0.0863. The molecule has 6 heteroatoms. The Balaban J connectivity index is 1.70. The second kappa shape index (κ2) is 7.52. The summed E-state index contributed by atoms with van der Waals surface area (Å²) in [5.41, 5.74) is 0.0252. The summed E-state index contributed by atoms with van der Waals surface area (Å²) in [6.45, 7) is 3.61. The highest BCUT2D eigenvalue weighted by Crippen LogP contribution is 2.40. The van der Waals surface area contributed by atoms with Gasteiger partial charge in [-0.2, -0.15) is 0 Å². The zero-order valence-electron chi connectivity index (χ0n) is 15.1. The van der Waals surface area contributed by atoms with E-state index in [1.165, 1.54) is 0 Å². The number of benzene rings is 1. The number of likely N-dealkylation sites (tertiary alicyclic amines) is 1. The van der Waals surface area contributed by atoms with E-state index in [-0.39, 0.29) is 11.9 Å². The number of hydrogen-bond donors (Lipinski definition) is 2. The van der Waals surface area contributed by atoms with Gasteiger partial charge in [-0.1, -0.05) is 12.8 Å². The minimum atomic E-state index is -0.582. The van der Waals surface area contributed by atoms with E-state index >= 15 is 0 Å². The number of urea groups is 1. The van der Waals surface area contributed by atoms with Crippen LogP contribution in [0.2, 0.25) is 0 Å². The number of nitrogens with zero attached hydrogens (tertiary/aromatic N) is 1. The Morgan fingerprint density at radius 3 is 3.00 bits per heavy atom. The van der Waals surface area contributed by atoms with Crippen LogP contribution in [-0.4, -0.2) is 48.4 Å². The van der Waals surface area contributed by atoms with Crippen molar-refractivity contribution in [2.75, 3.05) is 32.1 Å². The maximum atomic E-state index is 12.7. The average Bonchev–Trinajstić information content (AvgIpc) is 2.62. The number of carbonyl (C=O) groups is 1. The fourth-order valence-corrected chi connectivity index (χ4v) is 3.96. The number of amides is 2. The van der Waals surface area contributed by atoms with E-state index in [2.05, 4.69) is 5.32 Å². The monoisotopic (exact) mass is 348 g/mol. The van der Waals surface area contributed by atoms with Crippen LogP contribution in [0.1, 0.15) is 39.0 Å². The SMILES string of the molecule is CCOc1ccc(OC)cc1NC(=O)N1CC[C@]2(O)CCCC[C@@H]2C1. The molecule has 0 aromatic heterocycles. The first-order valence-electron chi connectivity index (χ1n) is 9.15. The fourth-order valence-electron chi connectivity index (χ4n) is 3.96. The zero-order chi connectivity index (χ0) is 17.9. The molecule has 1 saturated carbocycles. The van der Waals surface area contributed by atoms with Gasteiger partial charge in [0.05, 0.1) is 25.0 Å². The lowest BCUT2D eigenvalue weighted by atomic mass is 9.71. The molecule has 0 radical (unpaired) electrons. The van der Waals surface area contributed by atoms with Crippen molar-refractivity contribution in [3.05, 3.63) is 18.2 Å². The van der Waals surface area contributed by atoms with Gasteiger partial charge in [-0.25, -0.2) is 4.79 Å². The van der Waals surface area contributed by atoms with Gasteiger partial charge in [0.15, 0.2) is 0 Å². The van der Waals surface area contributed by atoms with Gasteiger partial charge < -0.3 is 24.8 Å². The van der Waals surface area contributed by atoms with E-state index in [4.69, 9.17) is 9.47 Å². The smallest absolute Gasteiger partial charge is 0.321 e. The predicted molar refractivity (Wildman–Crippen MR) is 96.3 cm³/mol. The molecule has 2 fully saturated rings. The number of carbonyl (C=O) groups excluding carboxylic acids is 1. The van der Waals surface area contributed by atoms with Crippen LogP contribution in [0.5, 0.6) is 11.5 Å². The van der Waals surface area contributed by atoms with Gasteiger partial charge in [0.1, 0.15) is 11.5 Å². The average molecular weight is 348 g/mol. The Kier molecular flexibility index (Phi) is 5.37. The molecule has 6 nitrogen and oxygen atoms in total. The number of fused-ring (bicyclic) bond motifs is 1. The number of aliphatic hydroxyl groups is 1. The van der Waals surface area contributed by atoms with E-state index in [0.717, 1.165) is 25.7 Å². The Morgan fingerprint density at radius 2 is 2.24 bits per heavy atom. The van der Waals surface area contributed by atoms with Crippen molar-refractivity contribution in [1.82, 2.24) is 4.90 Å². The van der Waals surface area contributed by atoms with Crippen molar-refractivity contribution >= 4 is 11.7 Å². The maximum Gasteiger partial charge on any atom is 0.321 e. The molecule has 2 amide bonds. The molecule has 1 aliphatic heterocycles. The summed E-state index contributed by atoms with van der Waals surface area (Å²) >= 11 is 0. The lowest BCUT2D eigenvalue weighted by Gasteiger charge is -2.47. The van der Waals surface area contributed by atoms with Crippen LogP contribution in [0, 0.1) is 5.92 Å². The van der Waals surface area contributed by atoms with Gasteiger partial charge >= 0.3 is 6.03 Å². The molecule has 138 valence electrons. The molecule has 2 atom stereocenters. The molecule has 1 aliphatic carbocycles. The van der Waals surface area contributed by atoms with Gasteiger partial charge in [0.25, 0.3) is 0 Å². The Bertz CT molecular complexity index is 621. The third kappa shape index (κ3) is 3.84. The van der Waals surface area contributed by atoms with Gasteiger partial charge in [-0.05, 0) is 38.3 Å². The van der Waals surface area contributed by atoms with Crippen molar-refractivity contribution in [2.24, 2.45) is 5.92 Å². The summed E-state index contributed by atoms with van der Waals surface area (Å²) in [5.74, 6) is 1.47. The van der Waals surface area contributed by atoms with E-state index in [0.29, 0.717) is 43.3 Å². The van der Waals surface area contributed by atoms with Crippen molar-refractivity contribution in [3.63, 3.8) is 0 Å². The predicted octanol–water partition coefficient (Wildman–Crippen LogP) is 3.25. The molecule has 0 bridgehead atoms. The van der Waals surface area contributed by atoms with Crippen LogP contribution in [0.15, 0.2) is 18.2 Å². The summed E-state index contributed by atoms with van der Waals surface area (Å²) in [4.78, 5) is 14.5. The molecule has 2 aliphatic rings. The Morgan fingerprint density at radius 1 is 1.40 bits per heavy atom. The van der Waals surface area contributed by atoms with Gasteiger partial charge in [-0.3, -0.25) is 0 Å². The van der Waals surface area contributed by atoms with Crippen LogP contribution in [-0.2, 0) is 0 Å². The van der Waals surface area contributed by atoms with Crippen LogP contribution in [0.4, 0.5) is 10.5 Å². The van der Waals surface area contributed by atoms with Crippen LogP contribution in [0.25, 0.3) is 0 Å². The minimum Gasteiger partial charge on any atom is -0.497 e. The molecule has 1 aromatic carbocycles. The second-order valence-electron chi connectivity index (χ2n) is 6.97. The standard InChI is InChI=1S/C19H28N2O4/c1-3-25-17-8-7-15(24-2)12-16(17)20-18(22)21-11-10-19(23)9-5-4-6-14(19)13-21/h7-8,12,14,23H,3-6,9-11,13H2,1-2H3,(H,20,22)/t14-,19-/m1/s1. The molecule has 0 unspecified atom stereocenters. The lowest BCUT2D eigenvalue weighted by Crippen LogP contribution is -2.55. The van der Waals surface area contributed by atoms with E-state index in [9.17, 15) is 9.90 Å². The molecule has 1 saturated heterocycles. The third-order valence-electron chi connectivity index (χ3n) is 5.44. The molecular formula is C19H28N2O4. The topological polar surface area (TPSA) is 71.0 Å². The van der Waals surface area contributed by atoms with E-state index in [1.54, 1.807) is 24.1 Å². The zero-order valence-corrected chi connectivity index (χ0v) is 15.1. The first kappa shape index (κ1) is 17.9. The first-order chi connectivity index (χ1) is 12.1. The summed E-state index contributed by atoms with van der Waals surface area (Å²) in [6.07, 6.45) is 4.72. The molecule has 1 aromatic rings. The minimum absolute atomic E-state index is 0.151. The first-order valence-corrected chi connectivity index (χ1v) is 9.15. The van der Waals surface area contributed by atoms with Crippen LogP contribution in [0.3, 0.4) is 0 Å².